The molecule has 2 aromatic carbocycles. The number of Topliss-reactive ketones (excluding diaryl/α,β-unsaturated/α-hetero) is 1. The number of nitrogens with zero attached hydrogens (tertiary/aromatic N) is 4. The van der Waals surface area contributed by atoms with Gasteiger partial charge in [-0.05, 0) is 18.2 Å². The second kappa shape index (κ2) is 8.53. The number of thioether (sulfide) groups is 1. The molecule has 8 heteroatoms. The molecule has 1 fully saturated rings. The first-order chi connectivity index (χ1) is 13.7. The SMILES string of the molecule is O=C(CSc1nnc(N2CCOCC2)n1-c1cccc(F)c1)c1ccccc1. The van der Waals surface area contributed by atoms with Crippen LogP contribution in [0.3, 0.4) is 0 Å². The van der Waals surface area contributed by atoms with Gasteiger partial charge >= 0.3 is 0 Å². The molecule has 28 heavy (non-hydrogen) atoms. The quantitative estimate of drug-likeness (QED) is 0.469. The number of hydrogen-bond donors (Lipinski definition) is 0. The van der Waals surface area contributed by atoms with Crippen LogP contribution in [0.5, 0.6) is 0 Å². The Bertz CT molecular complexity index is 958. The van der Waals surface area contributed by atoms with Gasteiger partial charge in [-0.1, -0.05) is 48.2 Å². The predicted molar refractivity (Wildman–Crippen MR) is 106 cm³/mol. The topological polar surface area (TPSA) is 60.3 Å². The van der Waals surface area contributed by atoms with Crippen molar-refractivity contribution >= 4 is 23.5 Å². The van der Waals surface area contributed by atoms with Gasteiger partial charge in [0.2, 0.25) is 5.95 Å². The minimum atomic E-state index is -0.338. The van der Waals surface area contributed by atoms with Gasteiger partial charge < -0.3 is 9.64 Å². The molecule has 0 radical (unpaired) electrons. The van der Waals surface area contributed by atoms with Crippen LogP contribution >= 0.6 is 11.8 Å². The van der Waals surface area contributed by atoms with E-state index in [4.69, 9.17) is 4.74 Å². The summed E-state index contributed by atoms with van der Waals surface area (Å²) < 4.78 is 21.1. The lowest BCUT2D eigenvalue weighted by Gasteiger charge is -2.27. The van der Waals surface area contributed by atoms with Crippen LogP contribution < -0.4 is 4.90 Å². The van der Waals surface area contributed by atoms with Gasteiger partial charge in [-0.2, -0.15) is 0 Å². The number of aromatic nitrogens is 3. The lowest BCUT2D eigenvalue weighted by molar-refractivity contribution is 0.102. The van der Waals surface area contributed by atoms with E-state index < -0.39 is 0 Å². The Kier molecular flexibility index (Phi) is 5.68. The zero-order chi connectivity index (χ0) is 19.3. The van der Waals surface area contributed by atoms with Crippen molar-refractivity contribution in [1.82, 2.24) is 14.8 Å². The van der Waals surface area contributed by atoms with Crippen molar-refractivity contribution in [2.24, 2.45) is 0 Å². The number of ketones is 1. The summed E-state index contributed by atoms with van der Waals surface area (Å²) in [5.74, 6) is 0.520. The summed E-state index contributed by atoms with van der Waals surface area (Å²) in [6.07, 6.45) is 0. The van der Waals surface area contributed by atoms with E-state index in [1.165, 1.54) is 23.9 Å². The van der Waals surface area contributed by atoms with Gasteiger partial charge in [0.25, 0.3) is 0 Å². The van der Waals surface area contributed by atoms with Crippen molar-refractivity contribution in [3.63, 3.8) is 0 Å². The largest absolute Gasteiger partial charge is 0.378 e. The number of morpholine rings is 1. The number of carbonyl (C=O) groups excluding carboxylic acids is 1. The first kappa shape index (κ1) is 18.6. The van der Waals surface area contributed by atoms with Crippen LogP contribution in [-0.2, 0) is 4.74 Å². The summed E-state index contributed by atoms with van der Waals surface area (Å²) in [7, 11) is 0. The second-order valence-electron chi connectivity index (χ2n) is 6.28. The fourth-order valence-corrected chi connectivity index (χ4v) is 3.84. The van der Waals surface area contributed by atoms with Gasteiger partial charge in [-0.25, -0.2) is 4.39 Å². The molecule has 0 spiro atoms. The minimum Gasteiger partial charge on any atom is -0.378 e. The first-order valence-corrected chi connectivity index (χ1v) is 9.96. The zero-order valence-electron chi connectivity index (χ0n) is 15.1. The van der Waals surface area contributed by atoms with Crippen molar-refractivity contribution in [1.29, 1.82) is 0 Å². The standard InChI is InChI=1S/C20H19FN4O2S/c21-16-7-4-8-17(13-16)25-19(24-9-11-27-12-10-24)22-23-20(25)28-14-18(26)15-5-2-1-3-6-15/h1-8,13H,9-12,14H2. The molecule has 1 saturated heterocycles. The van der Waals surface area contributed by atoms with E-state index in [-0.39, 0.29) is 17.4 Å². The highest BCUT2D eigenvalue weighted by Gasteiger charge is 2.22. The Labute approximate surface area is 166 Å². The van der Waals surface area contributed by atoms with E-state index in [2.05, 4.69) is 15.1 Å². The highest BCUT2D eigenvalue weighted by molar-refractivity contribution is 7.99. The molecule has 144 valence electrons. The summed E-state index contributed by atoms with van der Waals surface area (Å²) in [5, 5.41) is 9.16. The maximum absolute atomic E-state index is 13.9. The average Bonchev–Trinajstić information content (AvgIpc) is 3.17. The number of rotatable bonds is 6. The Hall–Kier alpha value is -2.71. The van der Waals surface area contributed by atoms with Crippen LogP contribution in [0, 0.1) is 5.82 Å². The normalized spacial score (nSPS) is 14.2. The van der Waals surface area contributed by atoms with E-state index in [1.54, 1.807) is 28.8 Å². The molecule has 0 atom stereocenters. The van der Waals surface area contributed by atoms with Crippen molar-refractivity contribution in [2.75, 3.05) is 37.0 Å². The van der Waals surface area contributed by atoms with Crippen LogP contribution in [-0.4, -0.2) is 52.6 Å². The van der Waals surface area contributed by atoms with Crippen LogP contribution in [0.25, 0.3) is 5.69 Å². The number of carbonyl (C=O) groups is 1. The molecule has 0 saturated carbocycles. The van der Waals surface area contributed by atoms with Crippen LogP contribution in [0.15, 0.2) is 59.8 Å². The Balaban J connectivity index is 1.63. The van der Waals surface area contributed by atoms with E-state index in [0.717, 1.165) is 0 Å². The predicted octanol–water partition coefficient (Wildman–Crippen LogP) is 3.22. The molecule has 2 heterocycles. The number of benzene rings is 2. The van der Waals surface area contributed by atoms with Gasteiger partial charge in [0, 0.05) is 18.7 Å². The molecule has 6 nitrogen and oxygen atoms in total. The Morgan fingerprint density at radius 3 is 2.61 bits per heavy atom. The van der Waals surface area contributed by atoms with Gasteiger partial charge in [-0.3, -0.25) is 9.36 Å². The molecule has 0 unspecified atom stereocenters. The van der Waals surface area contributed by atoms with Crippen LogP contribution in [0.4, 0.5) is 10.3 Å². The Morgan fingerprint density at radius 2 is 1.86 bits per heavy atom. The maximum atomic E-state index is 13.9. The average molecular weight is 398 g/mol. The van der Waals surface area contributed by atoms with Gasteiger partial charge in [-0.15, -0.1) is 10.2 Å². The molecule has 0 N–H and O–H groups in total. The zero-order valence-corrected chi connectivity index (χ0v) is 15.9. The van der Waals surface area contributed by atoms with E-state index >= 15 is 0 Å². The van der Waals surface area contributed by atoms with Gasteiger partial charge in [0.1, 0.15) is 5.82 Å². The molecule has 1 aromatic heterocycles. The molecule has 3 aromatic rings. The summed E-state index contributed by atoms with van der Waals surface area (Å²) >= 11 is 1.29. The van der Waals surface area contributed by atoms with Crippen molar-refractivity contribution < 1.29 is 13.9 Å². The van der Waals surface area contributed by atoms with Crippen molar-refractivity contribution in [3.8, 4) is 5.69 Å². The molecule has 1 aliphatic rings. The number of ether oxygens (including phenoxy) is 1. The maximum Gasteiger partial charge on any atom is 0.232 e. The monoisotopic (exact) mass is 398 g/mol. The summed E-state index contributed by atoms with van der Waals surface area (Å²) in [4.78, 5) is 14.5. The third-order valence-electron chi connectivity index (χ3n) is 4.40. The first-order valence-electron chi connectivity index (χ1n) is 8.97. The molecule has 1 aliphatic heterocycles. The van der Waals surface area contributed by atoms with E-state index in [0.29, 0.717) is 48.7 Å². The summed E-state index contributed by atoms with van der Waals surface area (Å²) in [6.45, 7) is 2.57. The smallest absolute Gasteiger partial charge is 0.232 e. The molecule has 4 rings (SSSR count). The fourth-order valence-electron chi connectivity index (χ4n) is 3.00. The highest BCUT2D eigenvalue weighted by Crippen LogP contribution is 2.28. The number of halogens is 1. The van der Waals surface area contributed by atoms with Crippen molar-refractivity contribution in [2.45, 2.75) is 5.16 Å². The van der Waals surface area contributed by atoms with Crippen molar-refractivity contribution in [3.05, 3.63) is 66.0 Å². The van der Waals surface area contributed by atoms with E-state index in [1.807, 2.05) is 18.2 Å². The third-order valence-corrected chi connectivity index (χ3v) is 5.33. The summed E-state index contributed by atoms with van der Waals surface area (Å²) in [5.41, 5.74) is 1.28. The summed E-state index contributed by atoms with van der Waals surface area (Å²) in [6, 6.07) is 15.4. The number of anilines is 1. The van der Waals surface area contributed by atoms with Crippen LogP contribution in [0.2, 0.25) is 0 Å². The van der Waals surface area contributed by atoms with E-state index in [9.17, 15) is 9.18 Å². The lowest BCUT2D eigenvalue weighted by atomic mass is 10.2. The van der Waals surface area contributed by atoms with Gasteiger partial charge in [0.15, 0.2) is 10.9 Å². The Morgan fingerprint density at radius 1 is 1.07 bits per heavy atom. The molecular formula is C20H19FN4O2S. The molecule has 0 amide bonds. The molecular weight excluding hydrogens is 379 g/mol. The van der Waals surface area contributed by atoms with Gasteiger partial charge in [0.05, 0.1) is 24.7 Å². The molecule has 0 aliphatic carbocycles. The third kappa shape index (κ3) is 4.07. The fraction of sp³-hybridized carbons (Fsp3) is 0.250. The lowest BCUT2D eigenvalue weighted by Crippen LogP contribution is -2.37. The minimum absolute atomic E-state index is 0.00677. The number of hydrogen-bond acceptors (Lipinski definition) is 6. The highest BCUT2D eigenvalue weighted by atomic mass is 32.2. The second-order valence-corrected chi connectivity index (χ2v) is 7.22. The molecule has 0 bridgehead atoms. The van der Waals surface area contributed by atoms with Crippen LogP contribution in [0.1, 0.15) is 10.4 Å².